The van der Waals surface area contributed by atoms with Gasteiger partial charge in [0.05, 0.1) is 24.0 Å². The number of methoxy groups -OCH3 is 1. The monoisotopic (exact) mass is 276 g/mol. The van der Waals surface area contributed by atoms with Crippen LogP contribution in [0, 0.1) is 5.82 Å². The van der Waals surface area contributed by atoms with Gasteiger partial charge in [0.15, 0.2) is 0 Å². The molecule has 6 heteroatoms. The molecule has 2 aromatic rings. The van der Waals surface area contributed by atoms with Crippen molar-refractivity contribution in [2.45, 2.75) is 0 Å². The maximum absolute atomic E-state index is 13.6. The number of phenols is 1. The zero-order chi connectivity index (χ0) is 14.7. The van der Waals surface area contributed by atoms with Gasteiger partial charge in [-0.1, -0.05) is 0 Å². The Labute approximate surface area is 114 Å². The highest BCUT2D eigenvalue weighted by Gasteiger charge is 2.13. The second-order valence-electron chi connectivity index (χ2n) is 4.07. The minimum Gasteiger partial charge on any atom is -0.508 e. The highest BCUT2D eigenvalue weighted by Crippen LogP contribution is 2.25. The Morgan fingerprint density at radius 1 is 1.30 bits per heavy atom. The third kappa shape index (κ3) is 2.80. The molecular weight excluding hydrogens is 263 g/mol. The minimum atomic E-state index is -0.811. The van der Waals surface area contributed by atoms with Crippen LogP contribution in [0.2, 0.25) is 0 Å². The van der Waals surface area contributed by atoms with Crippen LogP contribution in [0.4, 0.5) is 15.8 Å². The molecule has 4 N–H and O–H groups in total. The van der Waals surface area contributed by atoms with E-state index in [0.717, 1.165) is 6.07 Å². The largest absolute Gasteiger partial charge is 0.508 e. The molecule has 104 valence electrons. The summed E-state index contributed by atoms with van der Waals surface area (Å²) in [6.45, 7) is 0. The molecule has 1 amide bonds. The molecule has 0 aromatic heterocycles. The molecule has 2 rings (SSSR count). The highest BCUT2D eigenvalue weighted by atomic mass is 19.1. The number of halogens is 1. The molecule has 0 radical (unpaired) electrons. The number of nitrogens with one attached hydrogen (secondary N) is 1. The molecule has 20 heavy (non-hydrogen) atoms. The summed E-state index contributed by atoms with van der Waals surface area (Å²) in [6.07, 6.45) is 0. The molecule has 0 saturated heterocycles. The molecule has 0 saturated carbocycles. The molecule has 5 nitrogen and oxygen atoms in total. The van der Waals surface area contributed by atoms with Crippen LogP contribution in [0.15, 0.2) is 36.4 Å². The van der Waals surface area contributed by atoms with E-state index in [1.165, 1.54) is 19.2 Å². The van der Waals surface area contributed by atoms with Gasteiger partial charge < -0.3 is 20.9 Å². The molecule has 0 atom stereocenters. The summed E-state index contributed by atoms with van der Waals surface area (Å²) in [6, 6.07) is 8.02. The number of phenolic OH excluding ortho intramolecular Hbond substituents is 1. The maximum Gasteiger partial charge on any atom is 0.258 e. The van der Waals surface area contributed by atoms with Gasteiger partial charge in [-0.2, -0.15) is 0 Å². The Kier molecular flexibility index (Phi) is 3.74. The van der Waals surface area contributed by atoms with Gasteiger partial charge >= 0.3 is 0 Å². The summed E-state index contributed by atoms with van der Waals surface area (Å²) >= 11 is 0. The average molecular weight is 276 g/mol. The van der Waals surface area contributed by atoms with E-state index in [9.17, 15) is 9.18 Å². The molecule has 0 heterocycles. The molecular formula is C14H13FN2O3. The lowest BCUT2D eigenvalue weighted by atomic mass is 10.1. The summed E-state index contributed by atoms with van der Waals surface area (Å²) in [5.41, 5.74) is 6.23. The summed E-state index contributed by atoms with van der Waals surface area (Å²) in [5, 5.41) is 11.6. The Morgan fingerprint density at radius 2 is 2.05 bits per heavy atom. The summed E-state index contributed by atoms with van der Waals surface area (Å²) in [5.74, 6) is -1.16. The molecule has 0 unspecified atom stereocenters. The fourth-order valence-corrected chi connectivity index (χ4v) is 1.66. The first-order valence-electron chi connectivity index (χ1n) is 5.74. The number of aromatic hydroxyl groups is 1. The Morgan fingerprint density at radius 3 is 2.65 bits per heavy atom. The van der Waals surface area contributed by atoms with Gasteiger partial charge in [-0.3, -0.25) is 4.79 Å². The van der Waals surface area contributed by atoms with Crippen molar-refractivity contribution in [1.29, 1.82) is 0 Å². The van der Waals surface area contributed by atoms with Crippen LogP contribution in [0.25, 0.3) is 0 Å². The van der Waals surface area contributed by atoms with E-state index in [1.54, 1.807) is 18.2 Å². The number of amides is 1. The number of nitrogen functional groups attached to an aromatic ring is 1. The third-order valence-corrected chi connectivity index (χ3v) is 2.70. The van der Waals surface area contributed by atoms with E-state index < -0.39 is 11.7 Å². The highest BCUT2D eigenvalue weighted by molar-refractivity contribution is 6.06. The second-order valence-corrected chi connectivity index (χ2v) is 4.07. The topological polar surface area (TPSA) is 84.6 Å². The molecule has 0 bridgehead atoms. The number of carbonyl (C=O) groups excluding carboxylic acids is 1. The van der Waals surface area contributed by atoms with Crippen molar-refractivity contribution < 1.29 is 19.0 Å². The van der Waals surface area contributed by atoms with Crippen molar-refractivity contribution in [2.24, 2.45) is 0 Å². The van der Waals surface area contributed by atoms with Crippen molar-refractivity contribution >= 4 is 17.3 Å². The number of carbonyl (C=O) groups is 1. The second kappa shape index (κ2) is 5.48. The zero-order valence-electron chi connectivity index (χ0n) is 10.7. The zero-order valence-corrected chi connectivity index (χ0v) is 10.7. The van der Waals surface area contributed by atoms with Gasteiger partial charge in [0.1, 0.15) is 17.3 Å². The van der Waals surface area contributed by atoms with E-state index >= 15 is 0 Å². The van der Waals surface area contributed by atoms with E-state index in [2.05, 4.69) is 5.32 Å². The average Bonchev–Trinajstić information content (AvgIpc) is 2.40. The van der Waals surface area contributed by atoms with E-state index in [4.69, 9.17) is 15.6 Å². The van der Waals surface area contributed by atoms with E-state index in [-0.39, 0.29) is 11.3 Å². The predicted octanol–water partition coefficient (Wildman–Crippen LogP) is 2.37. The molecule has 0 fully saturated rings. The van der Waals surface area contributed by atoms with Crippen molar-refractivity contribution in [2.75, 3.05) is 18.2 Å². The van der Waals surface area contributed by atoms with Crippen LogP contribution in [0.5, 0.6) is 11.5 Å². The molecule has 0 aliphatic heterocycles. The van der Waals surface area contributed by atoms with Gasteiger partial charge in [0.2, 0.25) is 0 Å². The van der Waals surface area contributed by atoms with Crippen molar-refractivity contribution in [3.63, 3.8) is 0 Å². The fourth-order valence-electron chi connectivity index (χ4n) is 1.66. The molecule has 0 spiro atoms. The third-order valence-electron chi connectivity index (χ3n) is 2.70. The van der Waals surface area contributed by atoms with E-state index in [0.29, 0.717) is 17.1 Å². The number of benzene rings is 2. The lowest BCUT2D eigenvalue weighted by Gasteiger charge is -2.10. The lowest BCUT2D eigenvalue weighted by molar-refractivity contribution is 0.102. The number of nitrogens with two attached hydrogens (primary N) is 1. The summed E-state index contributed by atoms with van der Waals surface area (Å²) in [7, 11) is 1.50. The van der Waals surface area contributed by atoms with Gasteiger partial charge in [0, 0.05) is 12.1 Å². The first-order valence-corrected chi connectivity index (χ1v) is 5.74. The lowest BCUT2D eigenvalue weighted by Crippen LogP contribution is -2.14. The normalized spacial score (nSPS) is 10.1. The Bertz CT molecular complexity index is 659. The Hall–Kier alpha value is -2.76. The van der Waals surface area contributed by atoms with Crippen molar-refractivity contribution in [3.8, 4) is 11.5 Å². The van der Waals surface area contributed by atoms with Crippen LogP contribution >= 0.6 is 0 Å². The van der Waals surface area contributed by atoms with Gasteiger partial charge in [-0.25, -0.2) is 4.39 Å². The van der Waals surface area contributed by atoms with Gasteiger partial charge in [-0.05, 0) is 24.3 Å². The predicted molar refractivity (Wildman–Crippen MR) is 73.4 cm³/mol. The van der Waals surface area contributed by atoms with Crippen LogP contribution in [-0.2, 0) is 0 Å². The first-order chi connectivity index (χ1) is 9.51. The van der Waals surface area contributed by atoms with Gasteiger partial charge in [-0.15, -0.1) is 0 Å². The molecule has 0 aliphatic carbocycles. The number of anilines is 2. The van der Waals surface area contributed by atoms with Crippen LogP contribution in [0.1, 0.15) is 10.4 Å². The fraction of sp³-hybridized carbons (Fsp3) is 0.0714. The quantitative estimate of drug-likeness (QED) is 0.751. The van der Waals surface area contributed by atoms with Gasteiger partial charge in [0.25, 0.3) is 5.91 Å². The maximum atomic E-state index is 13.6. The van der Waals surface area contributed by atoms with E-state index in [1.807, 2.05) is 0 Å². The molecule has 2 aromatic carbocycles. The Balaban J connectivity index is 2.23. The van der Waals surface area contributed by atoms with Crippen molar-refractivity contribution in [1.82, 2.24) is 0 Å². The van der Waals surface area contributed by atoms with Crippen LogP contribution < -0.4 is 15.8 Å². The summed E-state index contributed by atoms with van der Waals surface area (Å²) in [4.78, 5) is 11.9. The van der Waals surface area contributed by atoms with Crippen molar-refractivity contribution in [3.05, 3.63) is 47.8 Å². The number of ether oxygens (including phenoxy) is 1. The number of hydrogen-bond donors (Lipinski definition) is 3. The van der Waals surface area contributed by atoms with Crippen LogP contribution in [0.3, 0.4) is 0 Å². The standard InChI is InChI=1S/C14H13FN2O3/c1-20-9-3-5-13(12(16)7-9)17-14(19)10-4-2-8(18)6-11(10)15/h2-7,18H,16H2,1H3,(H,17,19). The first kappa shape index (κ1) is 13.7. The minimum absolute atomic E-state index is 0.182. The molecule has 0 aliphatic rings. The SMILES string of the molecule is COc1ccc(NC(=O)c2ccc(O)cc2F)c(N)c1. The smallest absolute Gasteiger partial charge is 0.258 e. The number of hydrogen-bond acceptors (Lipinski definition) is 4. The number of rotatable bonds is 3. The van der Waals surface area contributed by atoms with Crippen LogP contribution in [-0.4, -0.2) is 18.1 Å². The summed E-state index contributed by atoms with van der Waals surface area (Å²) < 4.78 is 18.5.